The highest BCUT2D eigenvalue weighted by Crippen LogP contribution is 2.28. The van der Waals surface area contributed by atoms with Crippen molar-refractivity contribution in [3.8, 4) is 0 Å². The van der Waals surface area contributed by atoms with E-state index in [4.69, 9.17) is 28.3 Å². The number of nitrogens with one attached hydrogen (secondary N) is 1. The van der Waals surface area contributed by atoms with Gasteiger partial charge in [0.05, 0.1) is 17.7 Å². The Kier molecular flexibility index (Phi) is 4.13. The maximum atomic E-state index is 13.1. The van der Waals surface area contributed by atoms with Crippen LogP contribution in [0.15, 0.2) is 12.1 Å². The molecule has 1 aromatic carbocycles. The summed E-state index contributed by atoms with van der Waals surface area (Å²) in [7, 11) is 1.66. The van der Waals surface area contributed by atoms with Gasteiger partial charge in [-0.1, -0.05) is 23.2 Å². The summed E-state index contributed by atoms with van der Waals surface area (Å²) in [6.07, 6.45) is 0. The van der Waals surface area contributed by atoms with Crippen molar-refractivity contribution in [1.29, 1.82) is 0 Å². The van der Waals surface area contributed by atoms with Crippen molar-refractivity contribution in [2.75, 3.05) is 13.7 Å². The Morgan fingerprint density at radius 1 is 1.43 bits per heavy atom. The minimum Gasteiger partial charge on any atom is -0.394 e. The number of aliphatic hydroxyl groups is 1. The highest BCUT2D eigenvalue weighted by Gasteiger charge is 2.14. The fourth-order valence-corrected chi connectivity index (χ4v) is 1.67. The molecule has 0 bridgehead atoms. The van der Waals surface area contributed by atoms with Gasteiger partial charge in [-0.3, -0.25) is 0 Å². The summed E-state index contributed by atoms with van der Waals surface area (Å²) >= 11 is 11.4. The molecule has 2 N–H and O–H groups in total. The van der Waals surface area contributed by atoms with Crippen molar-refractivity contribution >= 4 is 23.2 Å². The normalized spacial score (nSPS) is 12.9. The predicted octanol–water partition coefficient (Wildman–Crippen LogP) is 2.39. The van der Waals surface area contributed by atoms with Crippen LogP contribution < -0.4 is 5.32 Å². The van der Waals surface area contributed by atoms with Crippen LogP contribution in [0.2, 0.25) is 10.0 Å². The van der Waals surface area contributed by atoms with E-state index >= 15 is 0 Å². The molecule has 0 aliphatic carbocycles. The average molecular weight is 238 g/mol. The molecule has 2 nitrogen and oxygen atoms in total. The molecule has 78 valence electrons. The number of hydrogen-bond acceptors (Lipinski definition) is 2. The Morgan fingerprint density at radius 3 is 2.57 bits per heavy atom. The summed E-state index contributed by atoms with van der Waals surface area (Å²) in [5, 5.41) is 12.1. The number of aliphatic hydroxyl groups excluding tert-OH is 1. The first-order valence-electron chi connectivity index (χ1n) is 4.02. The quantitative estimate of drug-likeness (QED) is 0.792. The molecule has 14 heavy (non-hydrogen) atoms. The Balaban J connectivity index is 3.14. The lowest BCUT2D eigenvalue weighted by Crippen LogP contribution is -2.20. The molecule has 0 amide bonds. The Hall–Kier alpha value is -0.350. The summed E-state index contributed by atoms with van der Waals surface area (Å²) in [4.78, 5) is 0. The van der Waals surface area contributed by atoms with E-state index in [0.717, 1.165) is 0 Å². The number of halogens is 3. The standard InChI is InChI=1S/C9H10Cl2FNO/c1-13-9(4-14)5-2-8(12)7(11)3-6(5)10/h2-3,9,13-14H,4H2,1H3/t9-/m1/s1. The zero-order chi connectivity index (χ0) is 10.7. The molecular formula is C9H10Cl2FNO. The third-order valence-electron chi connectivity index (χ3n) is 1.95. The molecule has 1 aromatic rings. The van der Waals surface area contributed by atoms with Gasteiger partial charge in [0.2, 0.25) is 0 Å². The van der Waals surface area contributed by atoms with Crippen molar-refractivity contribution in [1.82, 2.24) is 5.32 Å². The van der Waals surface area contributed by atoms with E-state index in [1.807, 2.05) is 0 Å². The van der Waals surface area contributed by atoms with E-state index in [-0.39, 0.29) is 17.7 Å². The van der Waals surface area contributed by atoms with Gasteiger partial charge in [-0.2, -0.15) is 0 Å². The van der Waals surface area contributed by atoms with Crippen molar-refractivity contribution in [2.45, 2.75) is 6.04 Å². The van der Waals surface area contributed by atoms with Crippen LogP contribution in [0.5, 0.6) is 0 Å². The zero-order valence-electron chi connectivity index (χ0n) is 7.52. The van der Waals surface area contributed by atoms with E-state index < -0.39 is 5.82 Å². The predicted molar refractivity (Wildman–Crippen MR) is 55.3 cm³/mol. The van der Waals surface area contributed by atoms with Gasteiger partial charge in [0.15, 0.2) is 0 Å². The lowest BCUT2D eigenvalue weighted by molar-refractivity contribution is 0.251. The first-order chi connectivity index (χ1) is 6.60. The maximum absolute atomic E-state index is 13.1. The van der Waals surface area contributed by atoms with Crippen LogP contribution in [-0.4, -0.2) is 18.8 Å². The van der Waals surface area contributed by atoms with Gasteiger partial charge in [-0.05, 0) is 24.7 Å². The van der Waals surface area contributed by atoms with Gasteiger partial charge in [0.1, 0.15) is 5.82 Å². The molecule has 0 aliphatic rings. The van der Waals surface area contributed by atoms with Gasteiger partial charge in [0.25, 0.3) is 0 Å². The molecule has 0 aromatic heterocycles. The second-order valence-corrected chi connectivity index (χ2v) is 3.63. The van der Waals surface area contributed by atoms with Crippen LogP contribution in [0.3, 0.4) is 0 Å². The summed E-state index contributed by atoms with van der Waals surface area (Å²) in [5.74, 6) is -0.542. The van der Waals surface area contributed by atoms with Crippen molar-refractivity contribution < 1.29 is 9.50 Å². The van der Waals surface area contributed by atoms with Crippen molar-refractivity contribution in [3.05, 3.63) is 33.6 Å². The van der Waals surface area contributed by atoms with E-state index in [9.17, 15) is 4.39 Å². The van der Waals surface area contributed by atoms with Gasteiger partial charge in [0, 0.05) is 5.02 Å². The topological polar surface area (TPSA) is 32.3 Å². The first-order valence-corrected chi connectivity index (χ1v) is 4.78. The smallest absolute Gasteiger partial charge is 0.142 e. The van der Waals surface area contributed by atoms with Crippen LogP contribution in [0.1, 0.15) is 11.6 Å². The van der Waals surface area contributed by atoms with E-state index in [2.05, 4.69) is 5.32 Å². The summed E-state index contributed by atoms with van der Waals surface area (Å²) in [6.45, 7) is -0.155. The third-order valence-corrected chi connectivity index (χ3v) is 2.56. The van der Waals surface area contributed by atoms with Crippen molar-refractivity contribution in [2.24, 2.45) is 0 Å². The number of hydrogen-bond donors (Lipinski definition) is 2. The second-order valence-electron chi connectivity index (χ2n) is 2.81. The van der Waals surface area contributed by atoms with E-state index in [1.165, 1.54) is 12.1 Å². The monoisotopic (exact) mass is 237 g/mol. The van der Waals surface area contributed by atoms with Crippen LogP contribution in [0, 0.1) is 5.82 Å². The van der Waals surface area contributed by atoms with Crippen LogP contribution >= 0.6 is 23.2 Å². The Bertz CT molecular complexity index is 329. The minimum absolute atomic E-state index is 0.0217. The molecule has 0 unspecified atom stereocenters. The van der Waals surface area contributed by atoms with Crippen molar-refractivity contribution in [3.63, 3.8) is 0 Å². The highest BCUT2D eigenvalue weighted by molar-refractivity contribution is 6.35. The number of likely N-dealkylation sites (N-methyl/N-ethyl adjacent to an activating group) is 1. The molecule has 0 saturated carbocycles. The SMILES string of the molecule is CN[C@H](CO)c1cc(F)c(Cl)cc1Cl. The fraction of sp³-hybridized carbons (Fsp3) is 0.333. The molecule has 0 heterocycles. The fourth-order valence-electron chi connectivity index (χ4n) is 1.15. The molecular weight excluding hydrogens is 228 g/mol. The van der Waals surface area contributed by atoms with Gasteiger partial charge in [-0.25, -0.2) is 4.39 Å². The molecule has 0 spiro atoms. The van der Waals surface area contributed by atoms with Crippen LogP contribution in [-0.2, 0) is 0 Å². The first kappa shape index (κ1) is 11.7. The highest BCUT2D eigenvalue weighted by atomic mass is 35.5. The zero-order valence-corrected chi connectivity index (χ0v) is 9.03. The molecule has 0 saturated heterocycles. The van der Waals surface area contributed by atoms with Crippen LogP contribution in [0.4, 0.5) is 4.39 Å². The Labute approximate surface area is 91.6 Å². The molecule has 1 atom stereocenters. The second kappa shape index (κ2) is 4.94. The number of benzene rings is 1. The van der Waals surface area contributed by atoms with Crippen LogP contribution in [0.25, 0.3) is 0 Å². The molecule has 1 rings (SSSR count). The largest absolute Gasteiger partial charge is 0.394 e. The molecule has 0 fully saturated rings. The van der Waals surface area contributed by atoms with Gasteiger partial charge >= 0.3 is 0 Å². The minimum atomic E-state index is -0.542. The van der Waals surface area contributed by atoms with E-state index in [0.29, 0.717) is 10.6 Å². The summed E-state index contributed by atoms with van der Waals surface area (Å²) in [6, 6.07) is 2.17. The molecule has 0 aliphatic heterocycles. The molecule has 5 heteroatoms. The van der Waals surface area contributed by atoms with Gasteiger partial charge in [-0.15, -0.1) is 0 Å². The van der Waals surface area contributed by atoms with Gasteiger partial charge < -0.3 is 10.4 Å². The maximum Gasteiger partial charge on any atom is 0.142 e. The van der Waals surface area contributed by atoms with E-state index in [1.54, 1.807) is 7.05 Å². The average Bonchev–Trinajstić information content (AvgIpc) is 2.15. The lowest BCUT2D eigenvalue weighted by Gasteiger charge is -2.15. The summed E-state index contributed by atoms with van der Waals surface area (Å²) in [5.41, 5.74) is 0.499. The third kappa shape index (κ3) is 2.36. The summed E-state index contributed by atoms with van der Waals surface area (Å²) < 4.78 is 13.1. The lowest BCUT2D eigenvalue weighted by atomic mass is 10.1. The molecule has 0 radical (unpaired) electrons. The Morgan fingerprint density at radius 2 is 2.07 bits per heavy atom. The number of rotatable bonds is 3.